The Bertz CT molecular complexity index is 341. The average molecular weight is 245 g/mol. The predicted octanol–water partition coefficient (Wildman–Crippen LogP) is 4.06. The van der Waals surface area contributed by atoms with Crippen LogP contribution in [0.25, 0.3) is 0 Å². The van der Waals surface area contributed by atoms with Gasteiger partial charge in [0.25, 0.3) is 0 Å². The number of rotatable bonds is 4. The highest BCUT2D eigenvalue weighted by Crippen LogP contribution is 2.26. The lowest BCUT2D eigenvalue weighted by molar-refractivity contribution is -0.119. The maximum Gasteiger partial charge on any atom is 0.227 e. The van der Waals surface area contributed by atoms with Gasteiger partial charge in [-0.3, -0.25) is 4.79 Å². The number of halogens is 2. The monoisotopic (exact) mass is 244 g/mol. The number of hydrogen-bond donors (Lipinski definition) is 0. The third-order valence-electron chi connectivity index (χ3n) is 2.48. The van der Waals surface area contributed by atoms with Gasteiger partial charge in [0.1, 0.15) is 0 Å². The van der Waals surface area contributed by atoms with Crippen LogP contribution in [0, 0.1) is 5.41 Å². The van der Waals surface area contributed by atoms with Gasteiger partial charge >= 0.3 is 0 Å². The van der Waals surface area contributed by atoms with E-state index >= 15 is 0 Å². The molecule has 0 saturated carbocycles. The zero-order chi connectivity index (χ0) is 11.5. The average Bonchev–Trinajstić information content (AvgIpc) is 2.17. The molecule has 0 aliphatic heterocycles. The molecule has 0 bridgehead atoms. The lowest BCUT2D eigenvalue weighted by Gasteiger charge is -2.18. The molecule has 0 amide bonds. The molecule has 15 heavy (non-hydrogen) atoms. The van der Waals surface area contributed by atoms with E-state index in [-0.39, 0.29) is 5.24 Å². The molecule has 0 radical (unpaired) electrons. The van der Waals surface area contributed by atoms with E-state index in [0.29, 0.717) is 0 Å². The second-order valence-corrected chi connectivity index (χ2v) is 5.06. The van der Waals surface area contributed by atoms with Crippen LogP contribution in [0.5, 0.6) is 0 Å². The highest BCUT2D eigenvalue weighted by molar-refractivity contribution is 6.64. The lowest BCUT2D eigenvalue weighted by Crippen LogP contribution is -2.20. The van der Waals surface area contributed by atoms with Crippen molar-refractivity contribution in [2.24, 2.45) is 5.41 Å². The van der Waals surface area contributed by atoms with Crippen molar-refractivity contribution in [1.82, 2.24) is 0 Å². The van der Waals surface area contributed by atoms with Crippen LogP contribution >= 0.6 is 23.2 Å². The van der Waals surface area contributed by atoms with E-state index in [0.717, 1.165) is 17.9 Å². The van der Waals surface area contributed by atoms with Crippen molar-refractivity contribution >= 4 is 28.4 Å². The van der Waals surface area contributed by atoms with Crippen molar-refractivity contribution in [3.63, 3.8) is 0 Å². The highest BCUT2D eigenvalue weighted by Gasteiger charge is 2.25. The van der Waals surface area contributed by atoms with Gasteiger partial charge in [-0.05, 0) is 42.1 Å². The summed E-state index contributed by atoms with van der Waals surface area (Å²) in [5, 5.41) is 0.447. The summed E-state index contributed by atoms with van der Waals surface area (Å²) >= 11 is 11.3. The molecule has 0 spiro atoms. The molecule has 0 atom stereocenters. The van der Waals surface area contributed by atoms with Crippen LogP contribution < -0.4 is 0 Å². The van der Waals surface area contributed by atoms with Crippen LogP contribution in [-0.4, -0.2) is 5.24 Å². The van der Waals surface area contributed by atoms with Gasteiger partial charge in [-0.25, -0.2) is 0 Å². The number of carbonyl (C=O) groups is 1. The normalized spacial score (nSPS) is 11.5. The van der Waals surface area contributed by atoms with Crippen LogP contribution in [0.1, 0.15) is 25.8 Å². The molecule has 1 nitrogen and oxygen atoms in total. The van der Waals surface area contributed by atoms with Gasteiger partial charge in [0.2, 0.25) is 5.24 Å². The Morgan fingerprint density at radius 1 is 1.27 bits per heavy atom. The standard InChI is InChI=1S/C12H14Cl2O/c1-12(2,11(14)15)8-7-9-3-5-10(13)6-4-9/h3-6H,7-8H2,1-2H3. The van der Waals surface area contributed by atoms with Crippen LogP contribution in [0.4, 0.5) is 0 Å². The Kier molecular flexibility index (Phi) is 4.18. The predicted molar refractivity (Wildman–Crippen MR) is 64.4 cm³/mol. The summed E-state index contributed by atoms with van der Waals surface area (Å²) in [4.78, 5) is 11.1. The second kappa shape index (κ2) is 5.00. The van der Waals surface area contributed by atoms with E-state index in [4.69, 9.17) is 23.2 Å². The van der Waals surface area contributed by atoms with Crippen molar-refractivity contribution in [2.45, 2.75) is 26.7 Å². The first kappa shape index (κ1) is 12.5. The molecular weight excluding hydrogens is 231 g/mol. The van der Waals surface area contributed by atoms with E-state index in [1.165, 1.54) is 5.56 Å². The van der Waals surface area contributed by atoms with Gasteiger partial charge in [0.05, 0.1) is 0 Å². The van der Waals surface area contributed by atoms with E-state index in [1.807, 2.05) is 38.1 Å². The molecule has 0 heterocycles. The summed E-state index contributed by atoms with van der Waals surface area (Å²) in [7, 11) is 0. The molecule has 82 valence electrons. The summed E-state index contributed by atoms with van der Waals surface area (Å²) < 4.78 is 0. The molecule has 0 fully saturated rings. The van der Waals surface area contributed by atoms with Crippen molar-refractivity contribution in [3.8, 4) is 0 Å². The van der Waals surface area contributed by atoms with E-state index < -0.39 is 5.41 Å². The zero-order valence-electron chi connectivity index (χ0n) is 8.89. The minimum absolute atomic E-state index is 0.281. The summed E-state index contributed by atoms with van der Waals surface area (Å²) in [5.41, 5.74) is 0.715. The second-order valence-electron chi connectivity index (χ2n) is 4.28. The molecule has 0 N–H and O–H groups in total. The molecule has 0 unspecified atom stereocenters. The molecule has 1 aromatic carbocycles. The number of carbonyl (C=O) groups excluding carboxylic acids is 1. The Hall–Kier alpha value is -0.530. The van der Waals surface area contributed by atoms with Gasteiger partial charge in [-0.1, -0.05) is 37.6 Å². The molecule has 0 saturated heterocycles. The Morgan fingerprint density at radius 2 is 1.80 bits per heavy atom. The number of benzene rings is 1. The summed E-state index contributed by atoms with van der Waals surface area (Å²) in [6.07, 6.45) is 1.58. The summed E-state index contributed by atoms with van der Waals surface area (Å²) in [6.45, 7) is 3.72. The largest absolute Gasteiger partial charge is 0.281 e. The molecule has 1 rings (SSSR count). The van der Waals surface area contributed by atoms with Gasteiger partial charge in [0, 0.05) is 10.4 Å². The quantitative estimate of drug-likeness (QED) is 0.731. The van der Waals surface area contributed by atoms with Crippen LogP contribution in [-0.2, 0) is 11.2 Å². The third kappa shape index (κ3) is 3.84. The van der Waals surface area contributed by atoms with Crippen molar-refractivity contribution < 1.29 is 4.79 Å². The fraction of sp³-hybridized carbons (Fsp3) is 0.417. The fourth-order valence-electron chi connectivity index (χ4n) is 1.21. The SMILES string of the molecule is CC(C)(CCc1ccc(Cl)cc1)C(=O)Cl. The van der Waals surface area contributed by atoms with Crippen LogP contribution in [0.15, 0.2) is 24.3 Å². The first-order valence-electron chi connectivity index (χ1n) is 4.86. The van der Waals surface area contributed by atoms with Crippen molar-refractivity contribution in [1.29, 1.82) is 0 Å². The van der Waals surface area contributed by atoms with Crippen molar-refractivity contribution in [2.75, 3.05) is 0 Å². The maximum atomic E-state index is 11.1. The summed E-state index contributed by atoms with van der Waals surface area (Å²) in [6, 6.07) is 7.65. The molecule has 1 aromatic rings. The van der Waals surface area contributed by atoms with Crippen molar-refractivity contribution in [3.05, 3.63) is 34.9 Å². The van der Waals surface area contributed by atoms with Gasteiger partial charge in [-0.2, -0.15) is 0 Å². The van der Waals surface area contributed by atoms with Gasteiger partial charge in [-0.15, -0.1) is 0 Å². The maximum absolute atomic E-state index is 11.1. The van der Waals surface area contributed by atoms with Gasteiger partial charge < -0.3 is 0 Å². The number of hydrogen-bond acceptors (Lipinski definition) is 1. The van der Waals surface area contributed by atoms with E-state index in [1.54, 1.807) is 0 Å². The lowest BCUT2D eigenvalue weighted by atomic mass is 9.88. The Balaban J connectivity index is 2.57. The Morgan fingerprint density at radius 3 is 2.27 bits per heavy atom. The molecule has 0 aliphatic carbocycles. The molecule has 0 aromatic heterocycles. The molecular formula is C12H14Cl2O. The minimum atomic E-state index is -0.457. The minimum Gasteiger partial charge on any atom is -0.281 e. The first-order valence-corrected chi connectivity index (χ1v) is 5.62. The summed E-state index contributed by atoms with van der Waals surface area (Å²) in [5.74, 6) is 0. The molecule has 3 heteroatoms. The third-order valence-corrected chi connectivity index (χ3v) is 3.25. The Labute approximate surface area is 100 Å². The molecule has 0 aliphatic rings. The van der Waals surface area contributed by atoms with E-state index in [9.17, 15) is 4.79 Å². The smallest absolute Gasteiger partial charge is 0.227 e. The van der Waals surface area contributed by atoms with Gasteiger partial charge in [0.15, 0.2) is 0 Å². The van der Waals surface area contributed by atoms with E-state index in [2.05, 4.69) is 0 Å². The van der Waals surface area contributed by atoms with Crippen LogP contribution in [0.2, 0.25) is 5.02 Å². The first-order chi connectivity index (χ1) is 6.92. The highest BCUT2D eigenvalue weighted by atomic mass is 35.5. The number of aryl methyl sites for hydroxylation is 1. The topological polar surface area (TPSA) is 17.1 Å². The van der Waals surface area contributed by atoms with Crippen LogP contribution in [0.3, 0.4) is 0 Å². The fourth-order valence-corrected chi connectivity index (χ4v) is 1.43. The zero-order valence-corrected chi connectivity index (χ0v) is 10.4.